The van der Waals surface area contributed by atoms with Crippen molar-refractivity contribution in [1.29, 1.82) is 0 Å². The van der Waals surface area contributed by atoms with Gasteiger partial charge in [0.2, 0.25) is 6.41 Å². The lowest BCUT2D eigenvalue weighted by Crippen LogP contribution is -2.18. The van der Waals surface area contributed by atoms with E-state index >= 15 is 0 Å². The molecule has 0 aliphatic heterocycles. The Morgan fingerprint density at radius 1 is 1.50 bits per heavy atom. The molecular weight excluding hydrogens is 325 g/mol. The van der Waals surface area contributed by atoms with Crippen LogP contribution in [0.4, 0.5) is 10.1 Å². The van der Waals surface area contributed by atoms with Gasteiger partial charge in [-0.2, -0.15) is 0 Å². The number of rotatable bonds is 6. The van der Waals surface area contributed by atoms with Crippen molar-refractivity contribution in [3.63, 3.8) is 0 Å². The van der Waals surface area contributed by atoms with Crippen LogP contribution < -0.4 is 21.3 Å². The van der Waals surface area contributed by atoms with Crippen LogP contribution in [0.5, 0.6) is 5.75 Å². The van der Waals surface area contributed by atoms with Gasteiger partial charge in [-0.3, -0.25) is 10.2 Å². The lowest BCUT2D eigenvalue weighted by Gasteiger charge is -2.13. The van der Waals surface area contributed by atoms with E-state index in [0.717, 1.165) is 16.3 Å². The molecule has 0 fully saturated rings. The van der Waals surface area contributed by atoms with Crippen LogP contribution in [0.15, 0.2) is 34.5 Å². The quantitative estimate of drug-likeness (QED) is 0.247. The third-order valence-electron chi connectivity index (χ3n) is 2.52. The van der Waals surface area contributed by atoms with Gasteiger partial charge in [0.15, 0.2) is 0 Å². The highest BCUT2D eigenvalue weighted by Crippen LogP contribution is 2.39. The van der Waals surface area contributed by atoms with Crippen LogP contribution in [0.1, 0.15) is 4.88 Å². The van der Waals surface area contributed by atoms with Gasteiger partial charge in [0.05, 0.1) is 17.7 Å². The van der Waals surface area contributed by atoms with Gasteiger partial charge in [0.25, 0.3) is 0 Å². The van der Waals surface area contributed by atoms with E-state index in [2.05, 4.69) is 22.6 Å². The van der Waals surface area contributed by atoms with E-state index in [1.165, 1.54) is 17.0 Å². The van der Waals surface area contributed by atoms with E-state index in [0.29, 0.717) is 12.2 Å². The highest BCUT2D eigenvalue weighted by atomic mass is 32.2. The van der Waals surface area contributed by atoms with Crippen LogP contribution in [0.3, 0.4) is 0 Å². The Bertz CT molecular complexity index is 554. The second-order valence-electron chi connectivity index (χ2n) is 3.89. The van der Waals surface area contributed by atoms with E-state index < -0.39 is 0 Å². The van der Waals surface area contributed by atoms with Crippen LogP contribution >= 0.6 is 23.1 Å². The van der Waals surface area contributed by atoms with Crippen LogP contribution in [-0.4, -0.2) is 20.6 Å². The van der Waals surface area contributed by atoms with E-state index in [1.54, 1.807) is 42.7 Å². The van der Waals surface area contributed by atoms with Crippen molar-refractivity contribution in [2.24, 2.45) is 5.84 Å². The SMILES string of the molecule is CNc1cc(F)cc(OC)c1SCc1cccs1.NNC=O. The Kier molecular flexibility index (Phi) is 8.34. The number of methoxy groups -OCH3 is 1. The zero-order valence-electron chi connectivity index (χ0n) is 12.3. The molecule has 2 aromatic rings. The molecule has 22 heavy (non-hydrogen) atoms. The number of hydrogen-bond acceptors (Lipinski definition) is 6. The Hall–Kier alpha value is -1.77. The normalized spacial score (nSPS) is 9.45. The number of carbonyl (C=O) groups excluding carboxylic acids is 1. The second kappa shape index (κ2) is 10.0. The molecule has 0 aliphatic rings. The molecule has 0 saturated heterocycles. The third kappa shape index (κ3) is 5.55. The summed E-state index contributed by atoms with van der Waals surface area (Å²) < 4.78 is 18.6. The summed E-state index contributed by atoms with van der Waals surface area (Å²) in [6.45, 7) is 0. The summed E-state index contributed by atoms with van der Waals surface area (Å²) in [6, 6.07) is 7.02. The number of anilines is 1. The number of amides is 1. The topological polar surface area (TPSA) is 76.4 Å². The molecule has 0 atom stereocenters. The van der Waals surface area contributed by atoms with Crippen molar-refractivity contribution >= 4 is 35.2 Å². The highest BCUT2D eigenvalue weighted by Gasteiger charge is 2.12. The fourth-order valence-electron chi connectivity index (χ4n) is 1.59. The molecule has 2 rings (SSSR count). The standard InChI is InChI=1S/C13H14FNOS2.CH4N2O/c1-15-11-6-9(14)7-12(16-2)13(11)18-8-10-4-3-5-17-10;2-3-1-4/h3-7,15H,8H2,1-2H3;1H,2H2,(H,3,4). The van der Waals surface area contributed by atoms with Crippen LogP contribution in [0.25, 0.3) is 0 Å². The summed E-state index contributed by atoms with van der Waals surface area (Å²) in [5.41, 5.74) is 2.51. The molecule has 5 nitrogen and oxygen atoms in total. The van der Waals surface area contributed by atoms with Gasteiger partial charge < -0.3 is 10.1 Å². The summed E-state index contributed by atoms with van der Waals surface area (Å²) in [7, 11) is 3.34. The zero-order chi connectivity index (χ0) is 16.4. The number of nitrogens with two attached hydrogens (primary N) is 1. The van der Waals surface area contributed by atoms with Gasteiger partial charge in [-0.1, -0.05) is 6.07 Å². The number of benzene rings is 1. The molecule has 0 bridgehead atoms. The van der Waals surface area contributed by atoms with Gasteiger partial charge in [0, 0.05) is 23.7 Å². The van der Waals surface area contributed by atoms with Gasteiger partial charge in [0.1, 0.15) is 11.6 Å². The maximum absolute atomic E-state index is 13.4. The zero-order valence-corrected chi connectivity index (χ0v) is 13.9. The molecule has 1 amide bonds. The molecule has 1 heterocycles. The van der Waals surface area contributed by atoms with Crippen LogP contribution in [-0.2, 0) is 10.5 Å². The fraction of sp³-hybridized carbons (Fsp3) is 0.214. The third-order valence-corrected chi connectivity index (χ3v) is 4.74. The fourth-order valence-corrected chi connectivity index (χ4v) is 3.51. The number of hydrazine groups is 1. The minimum Gasteiger partial charge on any atom is -0.495 e. The van der Waals surface area contributed by atoms with Gasteiger partial charge in [-0.25, -0.2) is 10.2 Å². The lowest BCUT2D eigenvalue weighted by molar-refractivity contribution is -0.109. The Labute approximate surface area is 137 Å². The van der Waals surface area contributed by atoms with Crippen molar-refractivity contribution < 1.29 is 13.9 Å². The minimum absolute atomic E-state index is 0.295. The number of ether oxygens (including phenoxy) is 1. The average molecular weight is 343 g/mol. The molecule has 1 aromatic heterocycles. The second-order valence-corrected chi connectivity index (χ2v) is 5.91. The highest BCUT2D eigenvalue weighted by molar-refractivity contribution is 7.98. The maximum Gasteiger partial charge on any atom is 0.221 e. The number of halogens is 1. The molecule has 0 aliphatic carbocycles. The van der Waals surface area contributed by atoms with Crippen molar-refractivity contribution in [2.45, 2.75) is 10.6 Å². The Morgan fingerprint density at radius 2 is 2.23 bits per heavy atom. The summed E-state index contributed by atoms with van der Waals surface area (Å²) in [5, 5.41) is 5.06. The molecule has 0 spiro atoms. The van der Waals surface area contributed by atoms with Crippen LogP contribution in [0, 0.1) is 5.82 Å². The summed E-state index contributed by atoms with van der Waals surface area (Å²) in [5.74, 6) is 5.54. The van der Waals surface area contributed by atoms with E-state index in [1.807, 2.05) is 6.07 Å². The lowest BCUT2D eigenvalue weighted by atomic mass is 10.3. The van der Waals surface area contributed by atoms with Crippen molar-refractivity contribution in [1.82, 2.24) is 5.43 Å². The molecule has 4 N–H and O–H groups in total. The molecule has 8 heteroatoms. The summed E-state index contributed by atoms with van der Waals surface area (Å²) >= 11 is 3.36. The summed E-state index contributed by atoms with van der Waals surface area (Å²) in [4.78, 5) is 11.2. The largest absolute Gasteiger partial charge is 0.495 e. The van der Waals surface area contributed by atoms with E-state index in [-0.39, 0.29) is 5.82 Å². The van der Waals surface area contributed by atoms with Crippen molar-refractivity contribution in [3.05, 3.63) is 40.3 Å². The predicted octanol–water partition coefficient (Wildman–Crippen LogP) is 2.84. The van der Waals surface area contributed by atoms with Gasteiger partial charge >= 0.3 is 0 Å². The monoisotopic (exact) mass is 343 g/mol. The smallest absolute Gasteiger partial charge is 0.221 e. The number of carbonyl (C=O) groups is 1. The molecule has 0 unspecified atom stereocenters. The predicted molar refractivity (Wildman–Crippen MR) is 89.8 cm³/mol. The van der Waals surface area contributed by atoms with E-state index in [4.69, 9.17) is 9.53 Å². The van der Waals surface area contributed by atoms with Crippen molar-refractivity contribution in [3.8, 4) is 5.75 Å². The first kappa shape index (κ1) is 18.3. The number of thioether (sulfide) groups is 1. The minimum atomic E-state index is -0.295. The average Bonchev–Trinajstić information content (AvgIpc) is 3.06. The Morgan fingerprint density at radius 3 is 2.73 bits per heavy atom. The van der Waals surface area contributed by atoms with Gasteiger partial charge in [-0.15, -0.1) is 23.1 Å². The molecular formula is C14H18FN3O2S2. The first-order chi connectivity index (χ1) is 10.7. The molecule has 0 radical (unpaired) electrons. The number of hydrogen-bond donors (Lipinski definition) is 3. The Balaban J connectivity index is 0.000000541. The number of nitrogens with one attached hydrogen (secondary N) is 2. The molecule has 120 valence electrons. The maximum atomic E-state index is 13.4. The molecule has 1 aromatic carbocycles. The van der Waals surface area contributed by atoms with Crippen molar-refractivity contribution in [2.75, 3.05) is 19.5 Å². The first-order valence-electron chi connectivity index (χ1n) is 6.26. The molecule has 0 saturated carbocycles. The first-order valence-corrected chi connectivity index (χ1v) is 8.13. The van der Waals surface area contributed by atoms with E-state index in [9.17, 15) is 4.39 Å². The summed E-state index contributed by atoms with van der Waals surface area (Å²) in [6.07, 6.45) is 0.403. The number of thiophene rings is 1. The van der Waals surface area contributed by atoms with Crippen LogP contribution in [0.2, 0.25) is 0 Å². The van der Waals surface area contributed by atoms with Gasteiger partial charge in [-0.05, 0) is 17.5 Å².